The molecule has 3 heterocycles. The molecule has 20 aromatic rings. The zero-order valence-corrected chi connectivity index (χ0v) is 68.4. The minimum atomic E-state index is -5.94. The molecule has 0 radical (unpaired) electrons. The molecule has 29 heteroatoms. The zero-order valence-electron chi connectivity index (χ0n) is 68.4. The van der Waals surface area contributed by atoms with Crippen LogP contribution in [-0.4, -0.2) is 13.7 Å². The number of alkyl halides is 9. The molecular formula is C105H57F21N8. The van der Waals surface area contributed by atoms with Gasteiger partial charge in [0.05, 0.1) is 33.1 Å². The van der Waals surface area contributed by atoms with Crippen LogP contribution in [0, 0.1) is 69.8 Å². The first-order valence-electron chi connectivity index (χ1n) is 41.0. The molecule has 0 aliphatic carbocycles. The Morgan fingerprint density at radius 3 is 0.485 bits per heavy atom. The number of hydrogen-bond acceptors (Lipinski definition) is 5. The fraction of sp³-hybridized carbons (Fsp3) is 0.0286. The van der Waals surface area contributed by atoms with Crippen molar-refractivity contribution in [1.82, 2.24) is 13.7 Å². The average molecular weight is 1830 g/mol. The van der Waals surface area contributed by atoms with Gasteiger partial charge >= 0.3 is 18.5 Å². The lowest BCUT2D eigenvalue weighted by Gasteiger charge is -2.30. The summed E-state index contributed by atoms with van der Waals surface area (Å²) in [5, 5.41) is 1.22. The highest BCUT2D eigenvalue weighted by Crippen LogP contribution is 2.52. The second kappa shape index (κ2) is 32.9. The molecular weight excluding hydrogens is 1770 g/mol. The second-order valence-electron chi connectivity index (χ2n) is 31.2. The number of nitrogens with zero attached hydrogens (tertiary/aromatic N) is 8. The van der Waals surface area contributed by atoms with Gasteiger partial charge in [0.15, 0.2) is 69.8 Å². The van der Waals surface area contributed by atoms with Crippen LogP contribution in [0.1, 0.15) is 16.7 Å². The molecule has 3 aromatic heterocycles. The van der Waals surface area contributed by atoms with Crippen molar-refractivity contribution >= 4 is 151 Å². The molecule has 20 rings (SSSR count). The Labute approximate surface area is 745 Å². The lowest BCUT2D eigenvalue weighted by molar-refractivity contribution is -0.144. The Kier molecular flexibility index (Phi) is 21.1. The highest BCUT2D eigenvalue weighted by Gasteiger charge is 2.47. The van der Waals surface area contributed by atoms with Crippen molar-refractivity contribution in [2.45, 2.75) is 18.5 Å². The molecule has 0 unspecified atom stereocenters. The lowest BCUT2D eigenvalue weighted by Crippen LogP contribution is -2.18. The molecule has 17 aromatic carbocycles. The van der Waals surface area contributed by atoms with Crippen LogP contribution in [0.4, 0.5) is 178 Å². The second-order valence-corrected chi connectivity index (χ2v) is 31.2. The summed E-state index contributed by atoms with van der Waals surface area (Å²) in [5.74, 6) is -30.7. The molecule has 0 saturated carbocycles. The first kappa shape index (κ1) is 85.8. The van der Waals surface area contributed by atoms with Gasteiger partial charge in [-0.2, -0.15) is 39.5 Å². The Hall–Kier alpha value is -16.3. The summed E-state index contributed by atoms with van der Waals surface area (Å²) in [4.78, 5) is 8.82. The van der Waals surface area contributed by atoms with Crippen molar-refractivity contribution in [2.75, 3.05) is 24.5 Å². The molecule has 0 bridgehead atoms. The normalized spacial score (nSPS) is 12.1. The van der Waals surface area contributed by atoms with E-state index in [2.05, 4.69) is 0 Å². The number of halogens is 21. The summed E-state index contributed by atoms with van der Waals surface area (Å²) in [6.07, 6.45) is -17.7. The van der Waals surface area contributed by atoms with E-state index in [9.17, 15) is 39.5 Å². The summed E-state index contributed by atoms with van der Waals surface area (Å²) in [6, 6.07) is 94.8. The van der Waals surface area contributed by atoms with Crippen molar-refractivity contribution in [2.24, 2.45) is 0 Å². The predicted molar refractivity (Wildman–Crippen MR) is 477 cm³/mol. The summed E-state index contributed by atoms with van der Waals surface area (Å²) in [5.41, 5.74) is -7.82. The minimum Gasteiger partial charge on any atom is -0.311 e. The Morgan fingerprint density at radius 2 is 0.299 bits per heavy atom. The van der Waals surface area contributed by atoms with Gasteiger partial charge in [-0.25, -0.2) is 52.7 Å². The molecule has 664 valence electrons. The number of para-hydroxylation sites is 7. The number of aromatic nitrogens is 3. The number of rotatable bonds is 18. The fourth-order valence-corrected chi connectivity index (χ4v) is 17.8. The first-order valence-corrected chi connectivity index (χ1v) is 41.0. The van der Waals surface area contributed by atoms with E-state index in [1.165, 1.54) is 97.1 Å². The molecule has 0 fully saturated rings. The number of hydrogen-bond donors (Lipinski definition) is 0. The van der Waals surface area contributed by atoms with Crippen molar-refractivity contribution in [3.63, 3.8) is 0 Å². The third-order valence-corrected chi connectivity index (χ3v) is 23.5. The van der Waals surface area contributed by atoms with Gasteiger partial charge in [0, 0.05) is 118 Å². The molecule has 0 spiro atoms. The third-order valence-electron chi connectivity index (χ3n) is 23.5. The van der Waals surface area contributed by atoms with Gasteiger partial charge in [0.1, 0.15) is 33.8 Å². The van der Waals surface area contributed by atoms with E-state index in [-0.39, 0.29) is 105 Å². The van der Waals surface area contributed by atoms with E-state index >= 15 is 52.7 Å². The summed E-state index contributed by atoms with van der Waals surface area (Å²) in [6.45, 7) is 0. The van der Waals surface area contributed by atoms with Crippen molar-refractivity contribution in [3.8, 4) is 17.1 Å². The standard InChI is InChI=1S/C105H57F21N8/c106-88-85(103(118,119)120)89(107)95(113)100(94(88)112)132-79-30-16-13-27-73(79)76-52-49-70(55-82(76)132)129(64-37-33-62(34-38-64)127(58-19-5-1-6-20-58)59-21-7-2-8-22-59)66-41-45-68(46-42-66)131(72-51-54-78-75-29-15-18-32-81(75)134(84(78)57-72)102-98(116)92(110)87(105(124,125)126)93(111)99(102)117)69-47-43-67(44-48-69)130(65-39-35-63(36-40-65)128(60-23-9-3-10-24-60)61-25-11-4-12-26-61)71-50-53-77-74-28-14-17-31-80(74)133(83(77)56-71)101-96(114)90(108)86(104(121,122)123)91(109)97(101)115/h1-57H. The van der Waals surface area contributed by atoms with Crippen LogP contribution in [-0.2, 0) is 18.5 Å². The van der Waals surface area contributed by atoms with Crippen LogP contribution in [0.3, 0.4) is 0 Å². The maximum absolute atomic E-state index is 16.9. The number of benzene rings is 17. The van der Waals surface area contributed by atoms with Gasteiger partial charge in [-0.15, -0.1) is 0 Å². The van der Waals surface area contributed by atoms with Crippen molar-refractivity contribution in [3.05, 3.63) is 432 Å². The van der Waals surface area contributed by atoms with E-state index in [0.717, 1.165) is 36.5 Å². The van der Waals surface area contributed by atoms with Gasteiger partial charge in [0.2, 0.25) is 0 Å². The number of anilines is 15. The Bertz CT molecular complexity index is 7490. The smallest absolute Gasteiger partial charge is 0.311 e. The fourth-order valence-electron chi connectivity index (χ4n) is 17.8. The molecule has 134 heavy (non-hydrogen) atoms. The quantitative estimate of drug-likeness (QED) is 0.0631. The van der Waals surface area contributed by atoms with Crippen LogP contribution < -0.4 is 24.5 Å². The Balaban J connectivity index is 0.798. The summed E-state index contributed by atoms with van der Waals surface area (Å²) >= 11 is 0. The maximum atomic E-state index is 16.9. The maximum Gasteiger partial charge on any atom is 0.422 e. The molecule has 0 amide bonds. The van der Waals surface area contributed by atoms with E-state index in [1.807, 2.05) is 131 Å². The monoisotopic (exact) mass is 1830 g/mol. The summed E-state index contributed by atoms with van der Waals surface area (Å²) in [7, 11) is 0. The number of fused-ring (bicyclic) bond motifs is 9. The SMILES string of the molecule is Fc1c(F)c(C(F)(F)F)c(F)c(F)c1-n1c2ccccc2c2ccc(N(c3ccc(N(c4ccccc4)c4ccccc4)cc3)c3ccc(N(c4ccc(N(c5ccc(N(c6ccccc6)c6ccccc6)cc5)c5ccc6c7ccccc7n(-c7c(F)c(F)c(C(F)(F)F)c(F)c7F)c6c5)cc4)c4ccc5c6ccccc6n(-c6c(F)c(F)c(C(F)(F)F)c(F)c6F)c5c4)cc3)cc21. The van der Waals surface area contributed by atoms with Crippen LogP contribution in [0.25, 0.3) is 82.5 Å². The summed E-state index contributed by atoms with van der Waals surface area (Å²) < 4.78 is 328. The molecule has 0 aliphatic heterocycles. The van der Waals surface area contributed by atoms with Crippen LogP contribution >= 0.6 is 0 Å². The van der Waals surface area contributed by atoms with Gasteiger partial charge in [-0.05, 0) is 200 Å². The molecule has 0 atom stereocenters. The average Bonchev–Trinajstić information content (AvgIpc) is 1.56. The lowest BCUT2D eigenvalue weighted by atomic mass is 10.1. The highest BCUT2D eigenvalue weighted by atomic mass is 19.4. The topological polar surface area (TPSA) is 31.0 Å². The van der Waals surface area contributed by atoms with Crippen LogP contribution in [0.15, 0.2) is 346 Å². The zero-order chi connectivity index (χ0) is 93.4. The van der Waals surface area contributed by atoms with Gasteiger partial charge in [0.25, 0.3) is 0 Å². The van der Waals surface area contributed by atoms with E-state index < -0.39 is 122 Å². The van der Waals surface area contributed by atoms with E-state index in [4.69, 9.17) is 0 Å². The van der Waals surface area contributed by atoms with E-state index in [1.54, 1.807) is 142 Å². The van der Waals surface area contributed by atoms with Crippen molar-refractivity contribution < 1.29 is 92.2 Å². The van der Waals surface area contributed by atoms with Gasteiger partial charge in [-0.3, -0.25) is 0 Å². The molecule has 0 aliphatic rings. The molecule has 0 N–H and O–H groups in total. The minimum absolute atomic E-state index is 0.0566. The third kappa shape index (κ3) is 14.3. The molecule has 8 nitrogen and oxygen atoms in total. The highest BCUT2D eigenvalue weighted by molar-refractivity contribution is 6.13. The van der Waals surface area contributed by atoms with Crippen LogP contribution in [0.2, 0.25) is 0 Å². The first-order chi connectivity index (χ1) is 64.4. The van der Waals surface area contributed by atoms with E-state index in [0.29, 0.717) is 22.7 Å². The van der Waals surface area contributed by atoms with Gasteiger partial charge in [-0.1, -0.05) is 146 Å². The largest absolute Gasteiger partial charge is 0.422 e. The predicted octanol–water partition coefficient (Wildman–Crippen LogP) is 33.1. The Morgan fingerprint density at radius 1 is 0.149 bits per heavy atom. The van der Waals surface area contributed by atoms with Crippen molar-refractivity contribution in [1.29, 1.82) is 0 Å². The molecule has 0 saturated heterocycles. The van der Waals surface area contributed by atoms with Gasteiger partial charge < -0.3 is 38.2 Å². The van der Waals surface area contributed by atoms with Crippen LogP contribution in [0.5, 0.6) is 0 Å².